The minimum Gasteiger partial charge on any atom is -0.497 e. The molecule has 0 aliphatic heterocycles. The van der Waals surface area contributed by atoms with Crippen molar-refractivity contribution in [3.63, 3.8) is 0 Å². The molecule has 0 aliphatic rings. The lowest BCUT2D eigenvalue weighted by atomic mass is 10.2. The van der Waals surface area contributed by atoms with Gasteiger partial charge in [-0.05, 0) is 55.5 Å². The Labute approximate surface area is 195 Å². The summed E-state index contributed by atoms with van der Waals surface area (Å²) in [5, 5.41) is 6.71. The number of hydrogen-bond donors (Lipinski definition) is 1. The number of nitrogens with zero attached hydrogens (tertiary/aromatic N) is 3. The minimum atomic E-state index is -0.0840. The summed E-state index contributed by atoms with van der Waals surface area (Å²) in [7, 11) is 1.65. The first-order valence-corrected chi connectivity index (χ1v) is 11.4. The third-order valence-corrected chi connectivity index (χ3v) is 6.23. The van der Waals surface area contributed by atoms with Gasteiger partial charge in [-0.1, -0.05) is 29.8 Å². The second kappa shape index (κ2) is 8.88. The molecule has 0 radical (unpaired) electrons. The zero-order valence-corrected chi connectivity index (χ0v) is 19.1. The summed E-state index contributed by atoms with van der Waals surface area (Å²) in [6.07, 6.45) is 0. The maximum atomic E-state index is 13.4. The monoisotopic (exact) mass is 454 g/mol. The van der Waals surface area contributed by atoms with Crippen LogP contribution in [0.5, 0.6) is 5.75 Å². The van der Waals surface area contributed by atoms with Crippen LogP contribution in [0.4, 0.5) is 5.13 Å². The number of rotatable bonds is 6. The number of aryl methyl sites for hydroxylation is 1. The van der Waals surface area contributed by atoms with Gasteiger partial charge < -0.3 is 10.1 Å². The molecule has 0 bridgehead atoms. The van der Waals surface area contributed by atoms with Crippen LogP contribution in [0.2, 0.25) is 0 Å². The van der Waals surface area contributed by atoms with Gasteiger partial charge in [-0.2, -0.15) is 0 Å². The number of thiazole rings is 1. The molecule has 1 N–H and O–H groups in total. The van der Waals surface area contributed by atoms with Gasteiger partial charge in [0.05, 0.1) is 35.9 Å². The van der Waals surface area contributed by atoms with E-state index in [0.717, 1.165) is 33.4 Å². The standard InChI is InChI=1S/C26H22N4O2S/c1-17-7-11-19(12-8-17)30-24(28-22-6-4-3-5-21(22)25(30)31)15-27-26-29-23(16-33-26)18-9-13-20(32-2)14-10-18/h3-14,16H,15H2,1-2H3,(H,27,29). The van der Waals surface area contributed by atoms with Crippen molar-refractivity contribution >= 4 is 27.4 Å². The number of anilines is 1. The summed E-state index contributed by atoms with van der Waals surface area (Å²) < 4.78 is 6.90. The van der Waals surface area contributed by atoms with Crippen LogP contribution in [0.3, 0.4) is 0 Å². The van der Waals surface area contributed by atoms with Crippen molar-refractivity contribution in [1.82, 2.24) is 14.5 Å². The van der Waals surface area contributed by atoms with Crippen molar-refractivity contribution < 1.29 is 4.74 Å². The lowest BCUT2D eigenvalue weighted by Gasteiger charge is -2.14. The number of methoxy groups -OCH3 is 1. The second-order valence-corrected chi connectivity index (χ2v) is 8.50. The van der Waals surface area contributed by atoms with Gasteiger partial charge in [0.15, 0.2) is 5.13 Å². The van der Waals surface area contributed by atoms with Crippen molar-refractivity contribution in [3.05, 3.63) is 99.9 Å². The van der Waals surface area contributed by atoms with Crippen molar-refractivity contribution in [2.24, 2.45) is 0 Å². The molecule has 0 aliphatic carbocycles. The molecule has 3 aromatic carbocycles. The highest BCUT2D eigenvalue weighted by molar-refractivity contribution is 7.14. The maximum absolute atomic E-state index is 13.4. The van der Waals surface area contributed by atoms with Crippen LogP contribution in [-0.2, 0) is 6.54 Å². The van der Waals surface area contributed by atoms with Crippen molar-refractivity contribution in [1.29, 1.82) is 0 Å². The summed E-state index contributed by atoms with van der Waals surface area (Å²) in [5.74, 6) is 1.44. The highest BCUT2D eigenvalue weighted by Crippen LogP contribution is 2.27. The van der Waals surface area contributed by atoms with Gasteiger partial charge in [0.25, 0.3) is 5.56 Å². The lowest BCUT2D eigenvalue weighted by Crippen LogP contribution is -2.25. The number of nitrogens with one attached hydrogen (secondary N) is 1. The predicted octanol–water partition coefficient (Wildman–Crippen LogP) is 5.44. The van der Waals surface area contributed by atoms with Crippen molar-refractivity contribution in [2.45, 2.75) is 13.5 Å². The predicted molar refractivity (Wildman–Crippen MR) is 134 cm³/mol. The fourth-order valence-corrected chi connectivity index (χ4v) is 4.38. The van der Waals surface area contributed by atoms with Crippen LogP contribution in [-0.4, -0.2) is 21.6 Å². The quantitative estimate of drug-likeness (QED) is 0.370. The molecule has 0 fully saturated rings. The Hall–Kier alpha value is -3.97. The highest BCUT2D eigenvalue weighted by atomic mass is 32.1. The van der Waals surface area contributed by atoms with Crippen LogP contribution in [0.1, 0.15) is 11.4 Å². The Balaban J connectivity index is 1.47. The smallest absolute Gasteiger partial charge is 0.266 e. The van der Waals surface area contributed by atoms with Crippen LogP contribution in [0.25, 0.3) is 27.8 Å². The Bertz CT molecular complexity index is 1470. The van der Waals surface area contributed by atoms with Crippen LogP contribution in [0.15, 0.2) is 83.0 Å². The first-order valence-electron chi connectivity index (χ1n) is 10.5. The number of para-hydroxylation sites is 1. The zero-order chi connectivity index (χ0) is 22.8. The molecule has 0 spiro atoms. The normalized spacial score (nSPS) is 11.0. The molecule has 2 aromatic heterocycles. The fraction of sp³-hybridized carbons (Fsp3) is 0.115. The van der Waals surface area contributed by atoms with Gasteiger partial charge in [0.1, 0.15) is 11.6 Å². The van der Waals surface area contributed by atoms with Gasteiger partial charge in [0.2, 0.25) is 0 Å². The molecular weight excluding hydrogens is 432 g/mol. The number of ether oxygens (including phenoxy) is 1. The molecule has 2 heterocycles. The van der Waals surface area contributed by atoms with E-state index in [4.69, 9.17) is 14.7 Å². The second-order valence-electron chi connectivity index (χ2n) is 7.64. The summed E-state index contributed by atoms with van der Waals surface area (Å²) in [6.45, 7) is 2.39. The number of hydrogen-bond acceptors (Lipinski definition) is 6. The Kier molecular flexibility index (Phi) is 5.62. The largest absolute Gasteiger partial charge is 0.497 e. The average molecular weight is 455 g/mol. The van der Waals surface area contributed by atoms with E-state index in [1.54, 1.807) is 11.7 Å². The van der Waals surface area contributed by atoms with Gasteiger partial charge >= 0.3 is 0 Å². The van der Waals surface area contributed by atoms with E-state index in [1.165, 1.54) is 11.3 Å². The van der Waals surface area contributed by atoms with Gasteiger partial charge in [-0.15, -0.1) is 11.3 Å². The fourth-order valence-electron chi connectivity index (χ4n) is 3.66. The molecule has 0 saturated heterocycles. The third kappa shape index (κ3) is 4.23. The maximum Gasteiger partial charge on any atom is 0.266 e. The van der Waals surface area contributed by atoms with Crippen LogP contribution < -0.4 is 15.6 Å². The zero-order valence-electron chi connectivity index (χ0n) is 18.3. The Morgan fingerprint density at radius 2 is 1.73 bits per heavy atom. The van der Waals surface area contributed by atoms with Crippen molar-refractivity contribution in [2.75, 3.05) is 12.4 Å². The number of aromatic nitrogens is 3. The van der Waals surface area contributed by atoms with Crippen molar-refractivity contribution in [3.8, 4) is 22.7 Å². The lowest BCUT2D eigenvalue weighted by molar-refractivity contribution is 0.415. The summed E-state index contributed by atoms with van der Waals surface area (Å²) >= 11 is 1.52. The topological polar surface area (TPSA) is 69.0 Å². The van der Waals surface area contributed by atoms with Crippen LogP contribution >= 0.6 is 11.3 Å². The molecule has 0 amide bonds. The molecule has 0 atom stereocenters. The van der Waals surface area contributed by atoms with Gasteiger partial charge in [-0.3, -0.25) is 9.36 Å². The third-order valence-electron chi connectivity index (χ3n) is 5.43. The Morgan fingerprint density at radius 1 is 0.970 bits per heavy atom. The van der Waals surface area contributed by atoms with E-state index in [-0.39, 0.29) is 5.56 Å². The van der Waals surface area contributed by atoms with Crippen LogP contribution in [0, 0.1) is 6.92 Å². The molecule has 0 unspecified atom stereocenters. The molecule has 6 nitrogen and oxygen atoms in total. The summed E-state index contributed by atoms with van der Waals surface area (Å²) in [5.41, 5.74) is 4.42. The van der Waals surface area contributed by atoms with E-state index in [2.05, 4.69) is 5.32 Å². The average Bonchev–Trinajstić information content (AvgIpc) is 3.33. The van der Waals surface area contributed by atoms with Gasteiger partial charge in [-0.25, -0.2) is 9.97 Å². The first-order chi connectivity index (χ1) is 16.1. The SMILES string of the molecule is COc1ccc(-c2csc(NCc3nc4ccccc4c(=O)n3-c3ccc(C)cc3)n2)cc1. The van der Waals surface area contributed by atoms with E-state index >= 15 is 0 Å². The van der Waals surface area contributed by atoms with Gasteiger partial charge in [0, 0.05) is 10.9 Å². The summed E-state index contributed by atoms with van der Waals surface area (Å²) in [6, 6.07) is 23.1. The molecule has 33 heavy (non-hydrogen) atoms. The molecule has 5 rings (SSSR count). The number of fused-ring (bicyclic) bond motifs is 1. The molecule has 0 saturated carbocycles. The van der Waals surface area contributed by atoms with E-state index in [0.29, 0.717) is 23.3 Å². The highest BCUT2D eigenvalue weighted by Gasteiger charge is 2.13. The first kappa shape index (κ1) is 20.9. The molecule has 5 aromatic rings. The Morgan fingerprint density at radius 3 is 2.48 bits per heavy atom. The number of benzene rings is 3. The van der Waals surface area contributed by atoms with E-state index in [9.17, 15) is 4.79 Å². The summed E-state index contributed by atoms with van der Waals surface area (Å²) in [4.78, 5) is 22.9. The molecular formula is C26H22N4O2S. The minimum absolute atomic E-state index is 0.0840. The molecule has 164 valence electrons. The van der Waals surface area contributed by atoms with E-state index < -0.39 is 0 Å². The molecule has 7 heteroatoms. The van der Waals surface area contributed by atoms with E-state index in [1.807, 2.05) is 85.1 Å².